The fourth-order valence-electron chi connectivity index (χ4n) is 2.40. The first-order valence-electron chi connectivity index (χ1n) is 5.42. The third-order valence-electron chi connectivity index (χ3n) is 4.37. The van der Waals surface area contributed by atoms with Crippen molar-refractivity contribution >= 4 is 0 Å². The highest BCUT2D eigenvalue weighted by Crippen LogP contribution is 2.59. The molecule has 0 aromatic heterocycles. The number of allylic oxidation sites excluding steroid dienone is 3. The van der Waals surface area contributed by atoms with Crippen LogP contribution < -0.4 is 0 Å². The first kappa shape index (κ1) is 12.5. The van der Waals surface area contributed by atoms with Crippen LogP contribution in [0, 0.1) is 28.7 Å². The molecule has 0 N–H and O–H groups in total. The van der Waals surface area contributed by atoms with Crippen molar-refractivity contribution in [2.24, 2.45) is 10.8 Å². The minimum Gasteiger partial charge on any atom is -0.238 e. The van der Waals surface area contributed by atoms with Gasteiger partial charge in [0.2, 0.25) is 0 Å². The molecule has 0 saturated heterocycles. The number of nitriles is 1. The summed E-state index contributed by atoms with van der Waals surface area (Å²) in [6, 6.07) is 2.19. The highest BCUT2D eigenvalue weighted by Gasteiger charge is 2.49. The molecular weight excluding hydrogens is 196 g/mol. The molecule has 0 heterocycles. The van der Waals surface area contributed by atoms with E-state index in [1.807, 2.05) is 6.92 Å². The highest BCUT2D eigenvalue weighted by molar-refractivity contribution is 5.57. The van der Waals surface area contributed by atoms with Gasteiger partial charge in [-0.1, -0.05) is 40.2 Å². The lowest BCUT2D eigenvalue weighted by molar-refractivity contribution is 0.221. The Morgan fingerprint density at radius 1 is 1.25 bits per heavy atom. The Balaban J connectivity index is 3.68. The van der Waals surface area contributed by atoms with Gasteiger partial charge in [0.1, 0.15) is 0 Å². The topological polar surface area (TPSA) is 28.1 Å². The summed E-state index contributed by atoms with van der Waals surface area (Å²) in [5.74, 6) is 0. The van der Waals surface area contributed by atoms with Gasteiger partial charge in [0.15, 0.2) is 5.70 Å². The highest BCUT2D eigenvalue weighted by atomic mass is 14.7. The second-order valence-electron chi connectivity index (χ2n) is 5.45. The summed E-state index contributed by atoms with van der Waals surface area (Å²) in [6.45, 7) is 19.6. The normalized spacial score (nSPS) is 25.0. The van der Waals surface area contributed by atoms with Gasteiger partial charge in [-0.25, -0.2) is 4.85 Å². The van der Waals surface area contributed by atoms with E-state index in [0.29, 0.717) is 11.3 Å². The van der Waals surface area contributed by atoms with Gasteiger partial charge in [-0.05, 0) is 23.3 Å². The van der Waals surface area contributed by atoms with Crippen molar-refractivity contribution in [1.82, 2.24) is 0 Å². The van der Waals surface area contributed by atoms with Crippen LogP contribution >= 0.6 is 0 Å². The predicted molar refractivity (Wildman–Crippen MR) is 65.2 cm³/mol. The van der Waals surface area contributed by atoms with Crippen LogP contribution in [0.4, 0.5) is 0 Å². The molecule has 1 aliphatic carbocycles. The molecule has 16 heavy (non-hydrogen) atoms. The summed E-state index contributed by atoms with van der Waals surface area (Å²) < 4.78 is 0. The van der Waals surface area contributed by atoms with Gasteiger partial charge in [-0.15, -0.1) is 0 Å². The maximum absolute atomic E-state index is 9.06. The van der Waals surface area contributed by atoms with E-state index in [-0.39, 0.29) is 10.8 Å². The van der Waals surface area contributed by atoms with E-state index in [9.17, 15) is 0 Å². The lowest BCUT2D eigenvalue weighted by atomic mass is 9.65. The summed E-state index contributed by atoms with van der Waals surface area (Å²) in [5.41, 5.74) is 3.15. The van der Waals surface area contributed by atoms with Crippen LogP contribution in [0.3, 0.4) is 0 Å². The minimum absolute atomic E-state index is 0.0691. The van der Waals surface area contributed by atoms with Gasteiger partial charge in [-0.3, -0.25) is 0 Å². The Bertz CT molecular complexity index is 474. The monoisotopic (exact) mass is 214 g/mol. The van der Waals surface area contributed by atoms with Gasteiger partial charge >= 0.3 is 0 Å². The van der Waals surface area contributed by atoms with Crippen LogP contribution in [-0.2, 0) is 0 Å². The number of nitrogens with zero attached hydrogens (tertiary/aromatic N) is 2. The summed E-state index contributed by atoms with van der Waals surface area (Å²) in [7, 11) is 0. The summed E-state index contributed by atoms with van der Waals surface area (Å²) in [4.78, 5) is 3.63. The third kappa shape index (κ3) is 1.30. The molecule has 0 bridgehead atoms. The van der Waals surface area contributed by atoms with Crippen molar-refractivity contribution in [2.45, 2.75) is 41.5 Å². The van der Waals surface area contributed by atoms with Crippen molar-refractivity contribution < 1.29 is 0 Å². The predicted octanol–water partition coefficient (Wildman–Crippen LogP) is 4.09. The molecule has 0 spiro atoms. The van der Waals surface area contributed by atoms with E-state index in [4.69, 9.17) is 11.8 Å². The molecule has 1 rings (SSSR count). The summed E-state index contributed by atoms with van der Waals surface area (Å²) in [6.07, 6.45) is 0. The van der Waals surface area contributed by atoms with Gasteiger partial charge in [0, 0.05) is 5.57 Å². The van der Waals surface area contributed by atoms with Crippen molar-refractivity contribution in [3.8, 4) is 6.07 Å². The van der Waals surface area contributed by atoms with E-state index >= 15 is 0 Å². The molecular formula is C14H18N2. The molecule has 0 saturated carbocycles. The van der Waals surface area contributed by atoms with Crippen LogP contribution in [0.15, 0.2) is 22.4 Å². The molecule has 0 amide bonds. The first-order chi connectivity index (χ1) is 7.21. The average Bonchev–Trinajstić information content (AvgIpc) is 2.34. The molecule has 0 atom stereocenters. The standard InChI is InChI=1S/C14H18N2/c1-9(8-15)11-12(16-7)10(2)13(3,4)14(11,5)6/h1-6H3/b11-9-. The molecule has 2 heteroatoms. The zero-order valence-corrected chi connectivity index (χ0v) is 10.9. The van der Waals surface area contributed by atoms with Crippen molar-refractivity contribution in [3.63, 3.8) is 0 Å². The molecule has 0 aromatic carbocycles. The fraction of sp³-hybridized carbons (Fsp3) is 0.571. The lowest BCUT2D eigenvalue weighted by Crippen LogP contribution is -2.30. The first-order valence-corrected chi connectivity index (χ1v) is 5.42. The molecule has 0 fully saturated rings. The van der Waals surface area contributed by atoms with Crippen molar-refractivity contribution in [2.75, 3.05) is 0 Å². The van der Waals surface area contributed by atoms with E-state index in [2.05, 4.69) is 38.6 Å². The van der Waals surface area contributed by atoms with E-state index in [0.717, 1.165) is 11.1 Å². The van der Waals surface area contributed by atoms with Crippen molar-refractivity contribution in [1.29, 1.82) is 5.26 Å². The van der Waals surface area contributed by atoms with Gasteiger partial charge < -0.3 is 0 Å². The molecule has 0 aliphatic heterocycles. The maximum Gasteiger partial charge on any atom is 0.191 e. The molecule has 1 aliphatic rings. The van der Waals surface area contributed by atoms with E-state index in [1.165, 1.54) is 0 Å². The van der Waals surface area contributed by atoms with Crippen LogP contribution in [0.25, 0.3) is 4.85 Å². The van der Waals surface area contributed by atoms with Crippen LogP contribution in [0.1, 0.15) is 41.5 Å². The van der Waals surface area contributed by atoms with Crippen LogP contribution in [0.2, 0.25) is 0 Å². The number of hydrogen-bond donors (Lipinski definition) is 0. The Morgan fingerprint density at radius 3 is 2.12 bits per heavy atom. The molecule has 0 aromatic rings. The van der Waals surface area contributed by atoms with E-state index < -0.39 is 0 Å². The van der Waals surface area contributed by atoms with Gasteiger partial charge in [0.25, 0.3) is 0 Å². The second-order valence-corrected chi connectivity index (χ2v) is 5.45. The summed E-state index contributed by atoms with van der Waals surface area (Å²) >= 11 is 0. The number of hydrogen-bond acceptors (Lipinski definition) is 1. The van der Waals surface area contributed by atoms with Crippen LogP contribution in [0.5, 0.6) is 0 Å². The van der Waals surface area contributed by atoms with Gasteiger partial charge in [-0.2, -0.15) is 5.26 Å². The molecule has 0 unspecified atom stereocenters. The Morgan fingerprint density at radius 2 is 1.75 bits per heavy atom. The zero-order chi connectivity index (χ0) is 12.7. The van der Waals surface area contributed by atoms with Crippen molar-refractivity contribution in [3.05, 3.63) is 33.8 Å². The summed E-state index contributed by atoms with van der Waals surface area (Å²) in [5, 5.41) is 9.06. The average molecular weight is 214 g/mol. The molecule has 84 valence electrons. The Labute approximate surface area is 98.1 Å². The molecule has 0 radical (unpaired) electrons. The SMILES string of the molecule is [C-]#[N+]C1=C(C)C(C)(C)C(C)(C)/C1=C(/C)C#N. The smallest absolute Gasteiger partial charge is 0.191 e. The van der Waals surface area contributed by atoms with E-state index in [1.54, 1.807) is 6.92 Å². The van der Waals surface area contributed by atoms with Gasteiger partial charge in [0.05, 0.1) is 12.6 Å². The maximum atomic E-state index is 9.06. The fourth-order valence-corrected chi connectivity index (χ4v) is 2.40. The largest absolute Gasteiger partial charge is 0.238 e. The zero-order valence-electron chi connectivity index (χ0n) is 10.9. The Kier molecular flexibility index (Phi) is 2.74. The number of rotatable bonds is 0. The minimum atomic E-state index is -0.156. The lowest BCUT2D eigenvalue weighted by Gasteiger charge is -2.38. The quantitative estimate of drug-likeness (QED) is 0.441. The molecule has 2 nitrogen and oxygen atoms in total. The second kappa shape index (κ2) is 3.49. The van der Waals surface area contributed by atoms with Crippen LogP contribution in [-0.4, -0.2) is 0 Å². The Hall–Kier alpha value is -1.54. The third-order valence-corrected chi connectivity index (χ3v) is 4.37.